The number of hydrogen-bond acceptors (Lipinski definition) is 4. The predicted molar refractivity (Wildman–Crippen MR) is 100 cm³/mol. The second-order valence-electron chi connectivity index (χ2n) is 6.53. The molecule has 3 rings (SSSR count). The van der Waals surface area contributed by atoms with Crippen molar-refractivity contribution >= 4 is 16.7 Å². The molecule has 26 heavy (non-hydrogen) atoms. The monoisotopic (exact) mass is 353 g/mol. The summed E-state index contributed by atoms with van der Waals surface area (Å²) in [7, 11) is 0. The molecule has 0 saturated heterocycles. The zero-order valence-electron chi connectivity index (χ0n) is 15.0. The van der Waals surface area contributed by atoms with Gasteiger partial charge in [0, 0.05) is 13.0 Å². The van der Waals surface area contributed by atoms with Crippen molar-refractivity contribution < 1.29 is 19.1 Å². The van der Waals surface area contributed by atoms with Crippen LogP contribution in [0.25, 0.3) is 10.8 Å². The van der Waals surface area contributed by atoms with E-state index in [1.54, 1.807) is 25.3 Å². The predicted octanol–water partition coefficient (Wildman–Crippen LogP) is 3.56. The molecule has 5 heteroatoms. The van der Waals surface area contributed by atoms with Crippen LogP contribution in [-0.4, -0.2) is 29.8 Å². The molecular weight excluding hydrogens is 330 g/mol. The maximum Gasteiger partial charge on any atom is 0.255 e. The minimum atomic E-state index is -1.12. The number of nitrogens with one attached hydrogen (secondary N) is 1. The van der Waals surface area contributed by atoms with Crippen LogP contribution in [0.2, 0.25) is 0 Å². The number of carbonyl (C=O) groups excluding carboxylic acids is 1. The van der Waals surface area contributed by atoms with E-state index in [1.165, 1.54) is 0 Å². The average molecular weight is 353 g/mol. The molecule has 3 aromatic rings. The van der Waals surface area contributed by atoms with Gasteiger partial charge < -0.3 is 19.6 Å². The largest absolute Gasteiger partial charge is 0.493 e. The van der Waals surface area contributed by atoms with Crippen LogP contribution in [0.4, 0.5) is 0 Å². The first kappa shape index (κ1) is 18.0. The molecule has 1 atom stereocenters. The van der Waals surface area contributed by atoms with Crippen LogP contribution in [0.3, 0.4) is 0 Å². The summed E-state index contributed by atoms with van der Waals surface area (Å²) in [5.74, 6) is 0.934. The maximum atomic E-state index is 12.9. The molecule has 1 heterocycles. The van der Waals surface area contributed by atoms with Crippen molar-refractivity contribution in [2.75, 3.05) is 13.2 Å². The lowest BCUT2D eigenvalue weighted by molar-refractivity contribution is 0.0509. The highest BCUT2D eigenvalue weighted by atomic mass is 16.5. The standard InChI is InChI=1S/C21H23NO4/c1-3-25-18-11-10-15-7-4-5-9-17(15)19(18)20(23)22-14-21(2,24)13-16-8-6-12-26-16/h4-12,24H,3,13-14H2,1-2H3,(H,22,23)/t21-/m1/s1. The SMILES string of the molecule is CCOc1ccc2ccccc2c1C(=O)NC[C@](C)(O)Cc1ccco1. The first-order valence-corrected chi connectivity index (χ1v) is 8.68. The van der Waals surface area contributed by atoms with Crippen molar-refractivity contribution in [1.82, 2.24) is 5.32 Å². The van der Waals surface area contributed by atoms with Crippen LogP contribution in [0.15, 0.2) is 59.2 Å². The van der Waals surface area contributed by atoms with Crippen molar-refractivity contribution in [2.24, 2.45) is 0 Å². The molecule has 0 radical (unpaired) electrons. The molecule has 136 valence electrons. The number of benzene rings is 2. The summed E-state index contributed by atoms with van der Waals surface area (Å²) in [5.41, 5.74) is -0.636. The van der Waals surface area contributed by atoms with Crippen LogP contribution in [0.1, 0.15) is 30.0 Å². The Bertz CT molecular complexity index is 884. The number of furan rings is 1. The fraction of sp³-hybridized carbons (Fsp3) is 0.286. The first-order valence-electron chi connectivity index (χ1n) is 8.68. The molecule has 0 aliphatic heterocycles. The molecule has 0 bridgehead atoms. The molecular formula is C21H23NO4. The molecule has 0 saturated carbocycles. The number of carbonyl (C=O) groups is 1. The molecule has 0 fully saturated rings. The highest BCUT2D eigenvalue weighted by Gasteiger charge is 2.25. The zero-order chi connectivity index (χ0) is 18.6. The minimum Gasteiger partial charge on any atom is -0.493 e. The van der Waals surface area contributed by atoms with Gasteiger partial charge in [0.25, 0.3) is 5.91 Å². The summed E-state index contributed by atoms with van der Waals surface area (Å²) >= 11 is 0. The number of rotatable bonds is 7. The van der Waals surface area contributed by atoms with Gasteiger partial charge in [0.15, 0.2) is 0 Å². The quantitative estimate of drug-likeness (QED) is 0.681. The number of amides is 1. The normalized spacial score (nSPS) is 13.3. The van der Waals surface area contributed by atoms with Gasteiger partial charge in [0.1, 0.15) is 11.5 Å². The Morgan fingerprint density at radius 2 is 2.00 bits per heavy atom. The Hall–Kier alpha value is -2.79. The van der Waals surface area contributed by atoms with Crippen molar-refractivity contribution in [3.05, 3.63) is 66.1 Å². The van der Waals surface area contributed by atoms with E-state index in [0.29, 0.717) is 30.1 Å². The van der Waals surface area contributed by atoms with Crippen LogP contribution in [-0.2, 0) is 6.42 Å². The van der Waals surface area contributed by atoms with E-state index in [4.69, 9.17) is 9.15 Å². The fourth-order valence-corrected chi connectivity index (χ4v) is 2.97. The van der Waals surface area contributed by atoms with Crippen molar-refractivity contribution in [3.63, 3.8) is 0 Å². The molecule has 1 aromatic heterocycles. The molecule has 5 nitrogen and oxygen atoms in total. The van der Waals surface area contributed by atoms with E-state index in [9.17, 15) is 9.90 Å². The highest BCUT2D eigenvalue weighted by molar-refractivity contribution is 6.09. The summed E-state index contributed by atoms with van der Waals surface area (Å²) in [6.07, 6.45) is 1.88. The van der Waals surface area contributed by atoms with Crippen LogP contribution < -0.4 is 10.1 Å². The summed E-state index contributed by atoms with van der Waals surface area (Å²) in [6.45, 7) is 4.11. The summed E-state index contributed by atoms with van der Waals surface area (Å²) in [5, 5.41) is 15.2. The number of fused-ring (bicyclic) bond motifs is 1. The van der Waals surface area contributed by atoms with Crippen LogP contribution in [0.5, 0.6) is 5.75 Å². The van der Waals surface area contributed by atoms with E-state index in [1.807, 2.05) is 43.3 Å². The second-order valence-corrected chi connectivity index (χ2v) is 6.53. The summed E-state index contributed by atoms with van der Waals surface area (Å²) in [6, 6.07) is 15.0. The fourth-order valence-electron chi connectivity index (χ4n) is 2.97. The number of hydrogen-bond donors (Lipinski definition) is 2. The Labute approximate surface area is 152 Å². The third-order valence-electron chi connectivity index (χ3n) is 4.18. The maximum absolute atomic E-state index is 12.9. The van der Waals surface area contributed by atoms with Gasteiger partial charge in [-0.1, -0.05) is 30.3 Å². The lowest BCUT2D eigenvalue weighted by Gasteiger charge is -2.23. The van der Waals surface area contributed by atoms with E-state index >= 15 is 0 Å². The van der Waals surface area contributed by atoms with Gasteiger partial charge in [-0.3, -0.25) is 4.79 Å². The number of aliphatic hydroxyl groups is 1. The van der Waals surface area contributed by atoms with Crippen LogP contribution in [0, 0.1) is 0 Å². The molecule has 2 N–H and O–H groups in total. The Kier molecular flexibility index (Phi) is 5.28. The Morgan fingerprint density at radius 1 is 1.19 bits per heavy atom. The third kappa shape index (κ3) is 4.06. The third-order valence-corrected chi connectivity index (χ3v) is 4.18. The molecule has 0 aliphatic rings. The highest BCUT2D eigenvalue weighted by Crippen LogP contribution is 2.28. The van der Waals surface area contributed by atoms with E-state index < -0.39 is 5.60 Å². The van der Waals surface area contributed by atoms with Crippen molar-refractivity contribution in [1.29, 1.82) is 0 Å². The van der Waals surface area contributed by atoms with E-state index in [-0.39, 0.29) is 12.5 Å². The molecule has 1 amide bonds. The number of ether oxygens (including phenoxy) is 1. The zero-order valence-corrected chi connectivity index (χ0v) is 15.0. The van der Waals surface area contributed by atoms with E-state index in [0.717, 1.165) is 10.8 Å². The van der Waals surface area contributed by atoms with Crippen molar-refractivity contribution in [2.45, 2.75) is 25.9 Å². The van der Waals surface area contributed by atoms with Gasteiger partial charge in [0.2, 0.25) is 0 Å². The second kappa shape index (κ2) is 7.62. The van der Waals surface area contributed by atoms with Crippen molar-refractivity contribution in [3.8, 4) is 5.75 Å². The molecule has 0 aliphatic carbocycles. The van der Waals surface area contributed by atoms with Gasteiger partial charge in [-0.15, -0.1) is 0 Å². The van der Waals surface area contributed by atoms with Gasteiger partial charge in [-0.05, 0) is 42.8 Å². The lowest BCUT2D eigenvalue weighted by Crippen LogP contribution is -2.42. The summed E-state index contributed by atoms with van der Waals surface area (Å²) < 4.78 is 10.9. The first-order chi connectivity index (χ1) is 12.5. The molecule has 0 unspecified atom stereocenters. The van der Waals surface area contributed by atoms with Gasteiger partial charge in [-0.25, -0.2) is 0 Å². The van der Waals surface area contributed by atoms with E-state index in [2.05, 4.69) is 5.32 Å². The van der Waals surface area contributed by atoms with Gasteiger partial charge >= 0.3 is 0 Å². The smallest absolute Gasteiger partial charge is 0.255 e. The summed E-state index contributed by atoms with van der Waals surface area (Å²) in [4.78, 5) is 12.9. The van der Waals surface area contributed by atoms with Gasteiger partial charge in [-0.2, -0.15) is 0 Å². The lowest BCUT2D eigenvalue weighted by atomic mass is 9.99. The Balaban J connectivity index is 1.81. The molecule has 0 spiro atoms. The molecule has 2 aromatic carbocycles. The average Bonchev–Trinajstić information content (AvgIpc) is 3.12. The van der Waals surface area contributed by atoms with Crippen LogP contribution >= 0.6 is 0 Å². The topological polar surface area (TPSA) is 71.7 Å². The Morgan fingerprint density at radius 3 is 2.73 bits per heavy atom. The minimum absolute atomic E-state index is 0.0985. The van der Waals surface area contributed by atoms with Gasteiger partial charge in [0.05, 0.1) is 24.0 Å².